The molecule has 3 aliphatic heterocycles. The third-order valence-electron chi connectivity index (χ3n) is 18.7. The maximum atomic E-state index is 12.7. The molecule has 24 nitrogen and oxygen atoms in total. The monoisotopic (exact) mass is 1450 g/mol. The molecule has 2 saturated carbocycles. The second-order valence-corrected chi connectivity index (χ2v) is 31.0. The molecule has 0 atom stereocenters. The van der Waals surface area contributed by atoms with Crippen LogP contribution in [0.25, 0.3) is 67.9 Å². The largest absolute Gasteiger partial charge is 0.498 e. The van der Waals surface area contributed by atoms with Gasteiger partial charge in [0.15, 0.2) is 11.6 Å². The molecule has 26 heteroatoms. The number of nitrogen functional groups attached to an aromatic ring is 1. The number of hydrogen-bond donors (Lipinski definition) is 5. The maximum absolute atomic E-state index is 12.7. The smallest absolute Gasteiger partial charge is 0.444 e. The molecule has 5 aliphatic rings. The number of carbonyl (C=O) groups excluding carboxylic acids is 3. The number of anilines is 6. The van der Waals surface area contributed by atoms with Gasteiger partial charge in [-0.15, -0.1) is 4.90 Å². The van der Waals surface area contributed by atoms with Gasteiger partial charge in [0.05, 0.1) is 50.9 Å². The van der Waals surface area contributed by atoms with E-state index < -0.39 is 52.8 Å². The van der Waals surface area contributed by atoms with Gasteiger partial charge in [0.1, 0.15) is 38.7 Å². The summed E-state index contributed by atoms with van der Waals surface area (Å²) in [5, 5.41) is 10.1. The van der Waals surface area contributed by atoms with E-state index in [2.05, 4.69) is 138 Å². The molecular weight excluding hydrogens is 1370 g/mol. The van der Waals surface area contributed by atoms with Crippen molar-refractivity contribution >= 4 is 81.7 Å². The molecule has 0 radical (unpaired) electrons. The molecule has 0 bridgehead atoms. The number of fused-ring (bicyclic) bond motifs is 10. The number of pyridine rings is 2. The first-order valence-electron chi connectivity index (χ1n) is 34.3. The highest BCUT2D eigenvalue weighted by Gasteiger charge is 2.52. The molecule has 2 aliphatic carbocycles. The van der Waals surface area contributed by atoms with E-state index in [4.69, 9.17) is 45.0 Å². The molecule has 15 rings (SSSR count). The van der Waals surface area contributed by atoms with Gasteiger partial charge in [-0.1, -0.05) is 72.8 Å². The second kappa shape index (κ2) is 27.1. The fourth-order valence-corrected chi connectivity index (χ4v) is 13.2. The lowest BCUT2D eigenvalue weighted by atomic mass is 9.72. The minimum Gasteiger partial charge on any atom is -0.444 e. The Balaban J connectivity index is 0.000000139. The number of hydrogen-bond acceptors (Lipinski definition) is 20. The lowest BCUT2D eigenvalue weighted by Crippen LogP contribution is -2.52. The minimum absolute atomic E-state index is 0.168. The topological polar surface area (TPSA) is 302 Å². The fraction of sp³-hybridized carbons (Fsp3) is 0.338. The van der Waals surface area contributed by atoms with E-state index in [1.165, 1.54) is 24.4 Å². The Morgan fingerprint density at radius 1 is 0.563 bits per heavy atom. The number of benzene rings is 4. The molecule has 6 aromatic heterocycles. The minimum atomic E-state index is -0.930. The third kappa shape index (κ3) is 14.6. The Labute approximate surface area is 607 Å². The molecule has 530 valence electrons. The Hall–Kier alpha value is -10.4. The number of halogens is 1. The molecule has 1 saturated heterocycles. The first-order chi connectivity index (χ1) is 48.8. The van der Waals surface area contributed by atoms with Gasteiger partial charge in [-0.2, -0.15) is 0 Å². The number of aromatic nitrogens is 10. The molecule has 7 N–H and O–H groups in total. The average molecular weight is 1450 g/mol. The van der Waals surface area contributed by atoms with Crippen LogP contribution in [0, 0.1) is 0 Å². The average Bonchev–Trinajstić information content (AvgIpc) is 1.59. The van der Waals surface area contributed by atoms with Crippen LogP contribution in [0.1, 0.15) is 140 Å². The number of nitrogens with one attached hydrogen (secondary N) is 3. The highest BCUT2D eigenvalue weighted by Crippen LogP contribution is 2.48. The van der Waals surface area contributed by atoms with E-state index in [1.54, 1.807) is 66.3 Å². The summed E-state index contributed by atoms with van der Waals surface area (Å²) in [6, 6.07) is 41.2. The van der Waals surface area contributed by atoms with Gasteiger partial charge in [0.2, 0.25) is 11.9 Å². The number of carbonyl (C=O) groups is 3. The molecule has 3 amide bonds. The lowest BCUT2D eigenvalue weighted by Gasteiger charge is -2.43. The van der Waals surface area contributed by atoms with E-state index in [0.717, 1.165) is 133 Å². The van der Waals surface area contributed by atoms with E-state index in [9.17, 15) is 14.4 Å². The quantitative estimate of drug-likeness (QED) is 0.0697. The second-order valence-electron chi connectivity index (χ2n) is 30.2. The van der Waals surface area contributed by atoms with Crippen LogP contribution in [-0.2, 0) is 34.6 Å². The van der Waals surface area contributed by atoms with Crippen molar-refractivity contribution in [1.82, 2.24) is 54.3 Å². The summed E-state index contributed by atoms with van der Waals surface area (Å²) >= 11 is 3.74. The number of nitrogens with zero attached hydrogens (tertiary/aromatic N) is 11. The van der Waals surface area contributed by atoms with Crippen molar-refractivity contribution in [3.8, 4) is 67.9 Å². The van der Waals surface area contributed by atoms with E-state index in [-0.39, 0.29) is 23.5 Å². The van der Waals surface area contributed by atoms with Gasteiger partial charge in [-0.25, -0.2) is 54.3 Å². The fourth-order valence-electron chi connectivity index (χ4n) is 12.7. The van der Waals surface area contributed by atoms with Gasteiger partial charge in [-0.05, 0) is 204 Å². The number of imide groups is 1. The Bertz CT molecular complexity index is 4800. The summed E-state index contributed by atoms with van der Waals surface area (Å²) in [7, 11) is -0.666. The first-order valence-corrected chi connectivity index (χ1v) is 35.1. The van der Waals surface area contributed by atoms with E-state index in [1.807, 2.05) is 103 Å². The van der Waals surface area contributed by atoms with Gasteiger partial charge >= 0.3 is 25.4 Å². The third-order valence-corrected chi connectivity index (χ3v) is 19.3. The van der Waals surface area contributed by atoms with Crippen LogP contribution in [0.4, 0.5) is 49.3 Å². The van der Waals surface area contributed by atoms with Crippen molar-refractivity contribution in [1.29, 1.82) is 0 Å². The number of amides is 3. The van der Waals surface area contributed by atoms with Gasteiger partial charge in [0, 0.05) is 76.0 Å². The summed E-state index contributed by atoms with van der Waals surface area (Å²) in [5.41, 5.74) is 22.6. The highest BCUT2D eigenvalue weighted by atomic mass is 79.9. The Morgan fingerprint density at radius 2 is 1.03 bits per heavy atom. The van der Waals surface area contributed by atoms with Crippen molar-refractivity contribution in [3.05, 3.63) is 174 Å². The van der Waals surface area contributed by atoms with Crippen LogP contribution in [0.5, 0.6) is 0 Å². The number of ether oxygens (including phenoxy) is 3. The molecule has 4 aromatic carbocycles. The van der Waals surface area contributed by atoms with Crippen molar-refractivity contribution in [2.24, 2.45) is 5.73 Å². The highest BCUT2D eigenvalue weighted by molar-refractivity contribution is 9.10. The van der Waals surface area contributed by atoms with Gasteiger partial charge < -0.3 is 50.9 Å². The van der Waals surface area contributed by atoms with Crippen LogP contribution in [-0.4, -0.2) is 102 Å². The number of nitrogens with two attached hydrogens (primary N) is 2. The summed E-state index contributed by atoms with van der Waals surface area (Å²) in [4.78, 5) is 74.8. The van der Waals surface area contributed by atoms with E-state index in [0.29, 0.717) is 10.4 Å². The van der Waals surface area contributed by atoms with Crippen molar-refractivity contribution in [2.75, 3.05) is 21.3 Å². The predicted octanol–water partition coefficient (Wildman–Crippen LogP) is 15.8. The zero-order valence-corrected chi connectivity index (χ0v) is 61.6. The SMILES string of the molecule is CC(C)(C)OC(=O)N(C(=O)OC(C)(C)C)c1ncc(B2OC(C)(C)C(C)(C)O2)cn1.CC(C)(C)OC(=O)NC1(c2ccc(-c3c(Br)nc4n3-c3cccnc3Nc3ccccc3-4)cc2)CCC1.Nc1ncc(-c2nc3n(c2-c2ccc(C4(N)CCC4)cc2)-c2cccnc2Nc2ccccc2-3)cn1. The molecule has 0 unspecified atom stereocenters. The van der Waals surface area contributed by atoms with Gasteiger partial charge in [0.25, 0.3) is 0 Å². The summed E-state index contributed by atoms with van der Waals surface area (Å²) in [6.45, 7) is 23.6. The summed E-state index contributed by atoms with van der Waals surface area (Å²) in [6.07, 6.45) is 13.7. The molecule has 10 aromatic rings. The van der Waals surface area contributed by atoms with Gasteiger partial charge in [-0.3, -0.25) is 9.13 Å². The van der Waals surface area contributed by atoms with Crippen molar-refractivity contribution in [3.63, 3.8) is 0 Å². The van der Waals surface area contributed by atoms with E-state index >= 15 is 0 Å². The zero-order valence-electron chi connectivity index (χ0n) is 60.0. The van der Waals surface area contributed by atoms with Crippen molar-refractivity contribution in [2.45, 2.75) is 168 Å². The number of rotatable bonds is 8. The Kier molecular flexibility index (Phi) is 18.7. The number of imidazole rings is 2. The molecular formula is C77H84BBrN16O8. The summed E-state index contributed by atoms with van der Waals surface area (Å²) in [5.74, 6) is 3.23. The lowest BCUT2D eigenvalue weighted by molar-refractivity contribution is 0.00578. The normalized spacial score (nSPS) is 16.0. The maximum Gasteiger partial charge on any atom is 0.498 e. The predicted molar refractivity (Wildman–Crippen MR) is 401 cm³/mol. The Morgan fingerprint density at radius 3 is 1.50 bits per heavy atom. The van der Waals surface area contributed by atoms with Crippen LogP contribution in [0.2, 0.25) is 0 Å². The zero-order chi connectivity index (χ0) is 73.2. The number of alkyl carbamates (subject to hydrolysis) is 1. The molecule has 103 heavy (non-hydrogen) atoms. The van der Waals surface area contributed by atoms with Crippen LogP contribution in [0.3, 0.4) is 0 Å². The standard InChI is InChI=1S/C29H28BrN5O2.C28H24N8.C20H32BN3O6/c1-28(2,3)37-27(36)34-29(15-7-16-29)19-13-11-18(12-14-19)23-24(30)33-26-20-8-4-5-9-21(20)32-25-22(35(23)26)10-6-17-31-25;29-27-32-15-18(16-33-27)23-24(17-8-10-19(11-9-17)28(30)12-4-13-28)36-22-7-3-14-31-25(22)34-21-6-2-1-5-20(21)26(36)35-23;1-17(2,3)27-15(25)24(16(26)28-18(4,5)6)14-22-11-13(12-23-14)21-29-19(7,8)20(9,10)30-21/h4-6,8-14,17H,7,15-16H2,1-3H3,(H,31,32)(H,34,36);1-3,5-11,14-16H,4,12-13,30H2,(H,31,34)(H2,29,32,33);11-12H,1-10H3. The molecule has 9 heterocycles. The molecule has 3 fully saturated rings. The van der Waals surface area contributed by atoms with Crippen LogP contribution >= 0.6 is 15.9 Å². The van der Waals surface area contributed by atoms with Crippen molar-refractivity contribution < 1.29 is 37.9 Å². The number of para-hydroxylation sites is 2. The molecule has 0 spiro atoms. The van der Waals surface area contributed by atoms with Crippen LogP contribution in [0.15, 0.2) is 163 Å². The first kappa shape index (κ1) is 71.0. The summed E-state index contributed by atoms with van der Waals surface area (Å²) < 4.78 is 33.2. The van der Waals surface area contributed by atoms with Crippen LogP contribution < -0.4 is 37.8 Å².